The molecule has 0 spiro atoms. The fraction of sp³-hybridized carbons (Fsp3) is 0.263. The Bertz CT molecular complexity index is 822. The van der Waals surface area contributed by atoms with E-state index in [1.54, 1.807) is 26.0 Å². The van der Waals surface area contributed by atoms with Gasteiger partial charge in [0.2, 0.25) is 6.10 Å². The smallest absolute Gasteiger partial charge is 0.352 e. The highest BCUT2D eigenvalue weighted by Gasteiger charge is 2.36. The first-order valence-electron chi connectivity index (χ1n) is 7.89. The summed E-state index contributed by atoms with van der Waals surface area (Å²) in [5.74, 6) is -0.635. The quantitative estimate of drug-likeness (QED) is 0.808. The average Bonchev–Trinajstić information content (AvgIpc) is 2.61. The third kappa shape index (κ3) is 2.85. The molecule has 0 aromatic heterocycles. The van der Waals surface area contributed by atoms with Gasteiger partial charge < -0.3 is 14.2 Å². The van der Waals surface area contributed by atoms with Crippen LogP contribution in [-0.4, -0.2) is 31.3 Å². The Kier molecular flexibility index (Phi) is 4.51. The van der Waals surface area contributed by atoms with Crippen molar-refractivity contribution >= 4 is 28.8 Å². The van der Waals surface area contributed by atoms with E-state index in [-0.39, 0.29) is 18.8 Å². The highest BCUT2D eigenvalue weighted by atomic mass is 16.6. The highest BCUT2D eigenvalue weighted by Crippen LogP contribution is 2.36. The predicted octanol–water partition coefficient (Wildman–Crippen LogP) is 3.11. The molecule has 5 heteroatoms. The zero-order chi connectivity index (χ0) is 17.1. The molecule has 0 saturated heterocycles. The number of fused-ring (bicyclic) bond motifs is 3. The summed E-state index contributed by atoms with van der Waals surface area (Å²) in [5, 5.41) is 1.97. The molecular formula is C19H18O5. The normalized spacial score (nSPS) is 15.9. The molecule has 0 amide bonds. The monoisotopic (exact) mass is 326 g/mol. The van der Waals surface area contributed by atoms with Crippen LogP contribution in [0.25, 0.3) is 16.8 Å². The average molecular weight is 326 g/mol. The van der Waals surface area contributed by atoms with E-state index in [1.807, 2.05) is 30.3 Å². The number of rotatable bonds is 4. The molecule has 24 heavy (non-hydrogen) atoms. The molecule has 1 aliphatic rings. The van der Waals surface area contributed by atoms with Gasteiger partial charge in [0, 0.05) is 5.56 Å². The molecule has 0 N–H and O–H groups in total. The lowest BCUT2D eigenvalue weighted by molar-refractivity contribution is -0.153. The topological polar surface area (TPSA) is 61.8 Å². The molecule has 1 aliphatic heterocycles. The molecule has 124 valence electrons. The maximum atomic E-state index is 12.3. The second-order valence-corrected chi connectivity index (χ2v) is 5.27. The molecular weight excluding hydrogens is 308 g/mol. The fourth-order valence-corrected chi connectivity index (χ4v) is 2.72. The molecule has 1 unspecified atom stereocenters. The van der Waals surface area contributed by atoms with E-state index < -0.39 is 18.0 Å². The van der Waals surface area contributed by atoms with Crippen molar-refractivity contribution in [3.8, 4) is 5.75 Å². The summed E-state index contributed by atoms with van der Waals surface area (Å²) < 4.78 is 15.9. The first-order chi connectivity index (χ1) is 11.7. The Morgan fingerprint density at radius 1 is 1.04 bits per heavy atom. The second-order valence-electron chi connectivity index (χ2n) is 5.27. The van der Waals surface area contributed by atoms with Crippen LogP contribution < -0.4 is 4.74 Å². The summed E-state index contributed by atoms with van der Waals surface area (Å²) in [4.78, 5) is 24.5. The van der Waals surface area contributed by atoms with Crippen molar-refractivity contribution in [2.24, 2.45) is 0 Å². The number of benzene rings is 2. The number of hydrogen-bond donors (Lipinski definition) is 0. The minimum Gasteiger partial charge on any atom is -0.473 e. The molecule has 0 aliphatic carbocycles. The van der Waals surface area contributed by atoms with E-state index in [0.717, 1.165) is 16.3 Å². The first-order valence-corrected chi connectivity index (χ1v) is 7.89. The van der Waals surface area contributed by atoms with Crippen molar-refractivity contribution < 1.29 is 23.8 Å². The van der Waals surface area contributed by atoms with Gasteiger partial charge >= 0.3 is 11.9 Å². The molecule has 0 bridgehead atoms. The Morgan fingerprint density at radius 3 is 2.54 bits per heavy atom. The zero-order valence-corrected chi connectivity index (χ0v) is 13.6. The van der Waals surface area contributed by atoms with Crippen LogP contribution in [-0.2, 0) is 19.1 Å². The zero-order valence-electron chi connectivity index (χ0n) is 13.6. The van der Waals surface area contributed by atoms with Gasteiger partial charge in [-0.1, -0.05) is 30.3 Å². The van der Waals surface area contributed by atoms with E-state index in [4.69, 9.17) is 14.2 Å². The van der Waals surface area contributed by atoms with Crippen molar-refractivity contribution in [3.05, 3.63) is 47.5 Å². The minimum absolute atomic E-state index is 0.152. The van der Waals surface area contributed by atoms with Gasteiger partial charge in [0.25, 0.3) is 0 Å². The largest absolute Gasteiger partial charge is 0.473 e. The summed E-state index contributed by atoms with van der Waals surface area (Å²) in [6.45, 7) is 3.84. The third-order valence-corrected chi connectivity index (χ3v) is 3.77. The van der Waals surface area contributed by atoms with E-state index in [0.29, 0.717) is 5.75 Å². The van der Waals surface area contributed by atoms with Crippen molar-refractivity contribution in [2.45, 2.75) is 20.0 Å². The third-order valence-electron chi connectivity index (χ3n) is 3.77. The summed E-state index contributed by atoms with van der Waals surface area (Å²) in [6, 6.07) is 11.5. The summed E-state index contributed by atoms with van der Waals surface area (Å²) in [7, 11) is 0. The standard InChI is InChI=1S/C19H18O5/c1-3-22-18(20)15-11-14-13-8-6-5-7-12(13)9-10-16(14)24-17(15)19(21)23-4-2/h5-11,17H,3-4H2,1-2H3. The van der Waals surface area contributed by atoms with E-state index in [2.05, 4.69) is 0 Å². The van der Waals surface area contributed by atoms with Gasteiger partial charge in [0.15, 0.2) is 0 Å². The summed E-state index contributed by atoms with van der Waals surface area (Å²) in [6.07, 6.45) is 0.554. The lowest BCUT2D eigenvalue weighted by Crippen LogP contribution is -2.37. The van der Waals surface area contributed by atoms with Gasteiger partial charge in [-0.15, -0.1) is 0 Å². The lowest BCUT2D eigenvalue weighted by Gasteiger charge is -2.25. The van der Waals surface area contributed by atoms with E-state index >= 15 is 0 Å². The minimum atomic E-state index is -1.11. The van der Waals surface area contributed by atoms with Crippen molar-refractivity contribution in [2.75, 3.05) is 13.2 Å². The number of esters is 2. The summed E-state index contributed by atoms with van der Waals surface area (Å²) in [5.41, 5.74) is 0.913. The SMILES string of the molecule is CCOC(=O)C1=Cc2c(ccc3ccccc23)OC1C(=O)OCC. The van der Waals surface area contributed by atoms with Gasteiger partial charge in [0.05, 0.1) is 18.8 Å². The van der Waals surface area contributed by atoms with Crippen LogP contribution in [0.4, 0.5) is 0 Å². The predicted molar refractivity (Wildman–Crippen MR) is 89.6 cm³/mol. The first kappa shape index (κ1) is 16.1. The molecule has 3 rings (SSSR count). The van der Waals surface area contributed by atoms with Gasteiger partial charge in [-0.25, -0.2) is 9.59 Å². The molecule has 0 saturated carbocycles. The number of carbonyl (C=O) groups excluding carboxylic acids is 2. The molecule has 1 heterocycles. The Balaban J connectivity index is 2.12. The van der Waals surface area contributed by atoms with Crippen LogP contribution in [0.1, 0.15) is 19.4 Å². The molecule has 2 aromatic carbocycles. The van der Waals surface area contributed by atoms with Gasteiger partial charge in [0.1, 0.15) is 5.75 Å². The van der Waals surface area contributed by atoms with Crippen LogP contribution in [0, 0.1) is 0 Å². The Morgan fingerprint density at radius 2 is 1.79 bits per heavy atom. The number of hydrogen-bond acceptors (Lipinski definition) is 5. The molecule has 0 radical (unpaired) electrons. The lowest BCUT2D eigenvalue weighted by atomic mass is 9.96. The van der Waals surface area contributed by atoms with Crippen LogP contribution >= 0.6 is 0 Å². The van der Waals surface area contributed by atoms with Crippen molar-refractivity contribution in [1.82, 2.24) is 0 Å². The Labute approximate surface area is 139 Å². The maximum Gasteiger partial charge on any atom is 0.352 e. The molecule has 5 nitrogen and oxygen atoms in total. The van der Waals surface area contributed by atoms with Crippen LogP contribution in [0.2, 0.25) is 0 Å². The van der Waals surface area contributed by atoms with Crippen LogP contribution in [0.3, 0.4) is 0 Å². The van der Waals surface area contributed by atoms with E-state index in [9.17, 15) is 9.59 Å². The van der Waals surface area contributed by atoms with Crippen molar-refractivity contribution in [1.29, 1.82) is 0 Å². The second kappa shape index (κ2) is 6.74. The highest BCUT2D eigenvalue weighted by molar-refractivity contribution is 6.05. The maximum absolute atomic E-state index is 12.3. The van der Waals surface area contributed by atoms with Gasteiger partial charge in [-0.05, 0) is 36.8 Å². The number of ether oxygens (including phenoxy) is 3. The van der Waals surface area contributed by atoms with Crippen LogP contribution in [0.5, 0.6) is 5.75 Å². The van der Waals surface area contributed by atoms with Crippen molar-refractivity contribution in [3.63, 3.8) is 0 Å². The molecule has 0 fully saturated rings. The fourth-order valence-electron chi connectivity index (χ4n) is 2.72. The van der Waals surface area contributed by atoms with E-state index in [1.165, 1.54) is 0 Å². The van der Waals surface area contributed by atoms with Gasteiger partial charge in [-0.3, -0.25) is 0 Å². The summed E-state index contributed by atoms with van der Waals surface area (Å²) >= 11 is 0. The number of carbonyl (C=O) groups is 2. The Hall–Kier alpha value is -2.82. The van der Waals surface area contributed by atoms with Gasteiger partial charge in [-0.2, -0.15) is 0 Å². The molecule has 1 atom stereocenters. The van der Waals surface area contributed by atoms with Crippen LogP contribution in [0.15, 0.2) is 42.0 Å². The molecule has 2 aromatic rings.